The van der Waals surface area contributed by atoms with Gasteiger partial charge in [0.2, 0.25) is 0 Å². The Balaban J connectivity index is 1.68. The van der Waals surface area contributed by atoms with Gasteiger partial charge in [-0.15, -0.1) is 0 Å². The lowest BCUT2D eigenvalue weighted by Gasteiger charge is -2.36. The first-order valence-electron chi connectivity index (χ1n) is 6.76. The van der Waals surface area contributed by atoms with Gasteiger partial charge in [0.05, 0.1) is 25.4 Å². The van der Waals surface area contributed by atoms with Crippen LogP contribution in [0.2, 0.25) is 0 Å². The van der Waals surface area contributed by atoms with Crippen molar-refractivity contribution in [2.24, 2.45) is 5.92 Å². The van der Waals surface area contributed by atoms with Gasteiger partial charge in [0.1, 0.15) is 0 Å². The van der Waals surface area contributed by atoms with Crippen LogP contribution in [0.4, 0.5) is 0 Å². The van der Waals surface area contributed by atoms with Gasteiger partial charge in [0.15, 0.2) is 5.79 Å². The second-order valence-electron chi connectivity index (χ2n) is 5.74. The maximum absolute atomic E-state index is 9.88. The fraction of sp³-hybridized carbons (Fsp3) is 1.00. The van der Waals surface area contributed by atoms with E-state index < -0.39 is 5.79 Å². The molecule has 0 amide bonds. The van der Waals surface area contributed by atoms with Crippen molar-refractivity contribution in [1.82, 2.24) is 5.32 Å². The van der Waals surface area contributed by atoms with Crippen LogP contribution in [0.25, 0.3) is 0 Å². The molecule has 1 heterocycles. The van der Waals surface area contributed by atoms with Crippen LogP contribution in [-0.2, 0) is 9.47 Å². The van der Waals surface area contributed by atoms with E-state index in [2.05, 4.69) is 5.32 Å². The van der Waals surface area contributed by atoms with Gasteiger partial charge < -0.3 is 19.9 Å². The quantitative estimate of drug-likeness (QED) is 0.784. The largest absolute Gasteiger partial charge is 0.393 e. The molecule has 2 fully saturated rings. The highest BCUT2D eigenvalue weighted by atomic mass is 16.7. The zero-order chi connectivity index (χ0) is 12.3. The topological polar surface area (TPSA) is 50.7 Å². The number of aliphatic hydroxyl groups excluding tert-OH is 1. The summed E-state index contributed by atoms with van der Waals surface area (Å²) >= 11 is 0. The molecule has 1 saturated carbocycles. The van der Waals surface area contributed by atoms with Crippen molar-refractivity contribution < 1.29 is 14.6 Å². The summed E-state index contributed by atoms with van der Waals surface area (Å²) in [6.07, 6.45) is 4.37. The molecule has 100 valence electrons. The molecule has 17 heavy (non-hydrogen) atoms. The Hall–Kier alpha value is -0.160. The zero-order valence-electron chi connectivity index (χ0n) is 10.9. The summed E-state index contributed by atoms with van der Waals surface area (Å²) in [7, 11) is 0. The first-order valence-corrected chi connectivity index (χ1v) is 6.76. The molecule has 4 nitrogen and oxygen atoms in total. The fourth-order valence-electron chi connectivity index (χ4n) is 2.55. The predicted molar refractivity (Wildman–Crippen MR) is 65.7 cm³/mol. The summed E-state index contributed by atoms with van der Waals surface area (Å²) < 4.78 is 11.2. The van der Waals surface area contributed by atoms with E-state index in [9.17, 15) is 5.11 Å². The van der Waals surface area contributed by atoms with Gasteiger partial charge in [-0.3, -0.25) is 0 Å². The normalized spacial score (nSPS) is 34.8. The third-order valence-corrected chi connectivity index (χ3v) is 3.80. The molecule has 2 atom stereocenters. The van der Waals surface area contributed by atoms with Crippen molar-refractivity contribution >= 4 is 0 Å². The molecule has 0 aromatic rings. The van der Waals surface area contributed by atoms with Crippen LogP contribution in [0.15, 0.2) is 0 Å². The van der Waals surface area contributed by atoms with Crippen molar-refractivity contribution in [2.75, 3.05) is 19.8 Å². The highest BCUT2D eigenvalue weighted by Gasteiger charge is 2.29. The summed E-state index contributed by atoms with van der Waals surface area (Å²) in [6, 6.07) is 0.261. The highest BCUT2D eigenvalue weighted by molar-refractivity contribution is 4.79. The lowest BCUT2D eigenvalue weighted by atomic mass is 9.86. The predicted octanol–water partition coefficient (Wildman–Crippen LogP) is 1.28. The van der Waals surface area contributed by atoms with Gasteiger partial charge in [0, 0.05) is 6.54 Å². The van der Waals surface area contributed by atoms with Crippen molar-refractivity contribution in [2.45, 2.75) is 57.5 Å². The average molecular weight is 243 g/mol. The van der Waals surface area contributed by atoms with E-state index in [1.165, 1.54) is 12.8 Å². The van der Waals surface area contributed by atoms with Crippen molar-refractivity contribution in [3.63, 3.8) is 0 Å². The summed E-state index contributed by atoms with van der Waals surface area (Å²) in [4.78, 5) is 0. The monoisotopic (exact) mass is 243 g/mol. The van der Waals surface area contributed by atoms with E-state index in [1.54, 1.807) is 0 Å². The number of ether oxygens (including phenoxy) is 2. The Morgan fingerprint density at radius 3 is 2.47 bits per heavy atom. The minimum absolute atomic E-state index is 0.127. The number of nitrogens with one attached hydrogen (secondary N) is 1. The molecule has 1 aliphatic carbocycles. The molecule has 4 heteroatoms. The molecular formula is C13H25NO3. The Kier molecular flexibility index (Phi) is 4.42. The van der Waals surface area contributed by atoms with Crippen LogP contribution in [0.5, 0.6) is 0 Å². The number of rotatable bonds is 3. The van der Waals surface area contributed by atoms with Gasteiger partial charge in [-0.1, -0.05) is 12.8 Å². The molecule has 2 N–H and O–H groups in total. The molecule has 2 unspecified atom stereocenters. The lowest BCUT2D eigenvalue weighted by Crippen LogP contribution is -2.50. The van der Waals surface area contributed by atoms with Crippen molar-refractivity contribution in [3.05, 3.63) is 0 Å². The van der Waals surface area contributed by atoms with Gasteiger partial charge in [-0.25, -0.2) is 0 Å². The van der Waals surface area contributed by atoms with E-state index in [0.29, 0.717) is 19.1 Å². The number of hydrogen-bond donors (Lipinski definition) is 2. The summed E-state index contributed by atoms with van der Waals surface area (Å²) in [6.45, 7) is 6.13. The van der Waals surface area contributed by atoms with Gasteiger partial charge in [0.25, 0.3) is 0 Å². The van der Waals surface area contributed by atoms with Crippen LogP contribution in [0, 0.1) is 5.92 Å². The molecular weight excluding hydrogens is 218 g/mol. The average Bonchev–Trinajstić information content (AvgIpc) is 2.30. The number of aliphatic hydroxyl groups is 1. The van der Waals surface area contributed by atoms with Crippen LogP contribution in [0.1, 0.15) is 39.5 Å². The highest BCUT2D eigenvalue weighted by Crippen LogP contribution is 2.24. The van der Waals surface area contributed by atoms with Gasteiger partial charge in [-0.05, 0) is 32.6 Å². The minimum Gasteiger partial charge on any atom is -0.393 e. The second-order valence-corrected chi connectivity index (χ2v) is 5.74. The first kappa shape index (κ1) is 13.3. The maximum atomic E-state index is 9.88. The first-order chi connectivity index (χ1) is 8.07. The lowest BCUT2D eigenvalue weighted by molar-refractivity contribution is -0.253. The van der Waals surface area contributed by atoms with Crippen molar-refractivity contribution in [3.8, 4) is 0 Å². The maximum Gasteiger partial charge on any atom is 0.162 e. The Morgan fingerprint density at radius 1 is 1.18 bits per heavy atom. The van der Waals surface area contributed by atoms with Crippen LogP contribution >= 0.6 is 0 Å². The smallest absolute Gasteiger partial charge is 0.162 e. The molecule has 0 bridgehead atoms. The molecule has 0 aromatic heterocycles. The molecule has 0 spiro atoms. The van der Waals surface area contributed by atoms with E-state index in [4.69, 9.17) is 9.47 Å². The molecule has 2 aliphatic rings. The third kappa shape index (κ3) is 3.91. The summed E-state index contributed by atoms with van der Waals surface area (Å²) in [5.41, 5.74) is 0. The Labute approximate surface area is 104 Å². The van der Waals surface area contributed by atoms with Crippen LogP contribution in [0.3, 0.4) is 0 Å². The van der Waals surface area contributed by atoms with E-state index in [0.717, 1.165) is 19.4 Å². The molecule has 0 aromatic carbocycles. The van der Waals surface area contributed by atoms with Crippen LogP contribution < -0.4 is 5.32 Å². The molecule has 2 rings (SSSR count). The standard InChI is InChI=1S/C13H25NO3/c1-13(2)16-8-11(9-17-13)14-7-10-5-3-4-6-12(10)15/h10-12,14-15H,3-9H2,1-2H3. The molecule has 0 radical (unpaired) electrons. The number of hydrogen-bond acceptors (Lipinski definition) is 4. The van der Waals surface area contributed by atoms with Gasteiger partial charge in [-0.2, -0.15) is 0 Å². The summed E-state index contributed by atoms with van der Waals surface area (Å²) in [5.74, 6) is -0.0404. The van der Waals surface area contributed by atoms with E-state index >= 15 is 0 Å². The SMILES string of the molecule is CC1(C)OCC(NCC2CCCCC2O)CO1. The summed E-state index contributed by atoms with van der Waals surface area (Å²) in [5, 5.41) is 13.3. The van der Waals surface area contributed by atoms with E-state index in [1.807, 2.05) is 13.8 Å². The Morgan fingerprint density at radius 2 is 1.82 bits per heavy atom. The van der Waals surface area contributed by atoms with Gasteiger partial charge >= 0.3 is 0 Å². The molecule has 1 saturated heterocycles. The second kappa shape index (κ2) is 5.65. The Bertz CT molecular complexity index is 235. The van der Waals surface area contributed by atoms with Crippen molar-refractivity contribution in [1.29, 1.82) is 0 Å². The third-order valence-electron chi connectivity index (χ3n) is 3.80. The zero-order valence-corrected chi connectivity index (χ0v) is 10.9. The molecule has 1 aliphatic heterocycles. The van der Waals surface area contributed by atoms with Crippen LogP contribution in [-0.4, -0.2) is 42.8 Å². The van der Waals surface area contributed by atoms with E-state index in [-0.39, 0.29) is 12.1 Å². The minimum atomic E-state index is -0.442. The fourth-order valence-corrected chi connectivity index (χ4v) is 2.55.